The minimum absolute atomic E-state index is 0.128. The van der Waals surface area contributed by atoms with E-state index in [4.69, 9.17) is 23.1 Å². The molecule has 0 aliphatic heterocycles. The van der Waals surface area contributed by atoms with Crippen LogP contribution in [0.4, 0.5) is 5.69 Å². The van der Waals surface area contributed by atoms with Crippen molar-refractivity contribution in [2.24, 2.45) is 5.73 Å². The first-order chi connectivity index (χ1) is 7.95. The lowest BCUT2D eigenvalue weighted by atomic mass is 10.1. The van der Waals surface area contributed by atoms with Crippen molar-refractivity contribution in [3.63, 3.8) is 0 Å². The molecule has 0 atom stereocenters. The number of anilines is 1. The number of amides is 2. The predicted octanol–water partition coefficient (Wildman–Crippen LogP) is 0.870. The number of halogens is 1. The van der Waals surface area contributed by atoms with E-state index in [9.17, 15) is 9.59 Å². The van der Waals surface area contributed by atoms with Gasteiger partial charge in [-0.1, -0.05) is 11.6 Å². The maximum absolute atomic E-state index is 12.0. The Kier molecular flexibility index (Phi) is 4.34. The molecule has 2 amide bonds. The standard InChI is InChI=1S/C11H14ClN3O2/c1-2-15(6-10(14)16)11(17)8-4-3-7(12)5-9(8)13/h3-5H,2,6,13H2,1H3,(H2,14,16). The van der Waals surface area contributed by atoms with Gasteiger partial charge in [0, 0.05) is 17.3 Å². The third-order valence-electron chi connectivity index (χ3n) is 2.26. The summed E-state index contributed by atoms with van der Waals surface area (Å²) in [6, 6.07) is 4.60. The lowest BCUT2D eigenvalue weighted by Crippen LogP contribution is -2.38. The van der Waals surface area contributed by atoms with Crippen molar-refractivity contribution in [3.8, 4) is 0 Å². The molecule has 1 rings (SSSR count). The molecule has 0 aromatic heterocycles. The molecule has 0 saturated heterocycles. The number of likely N-dealkylation sites (N-methyl/N-ethyl adjacent to an activating group) is 1. The van der Waals surface area contributed by atoms with Crippen molar-refractivity contribution in [1.29, 1.82) is 0 Å². The largest absolute Gasteiger partial charge is 0.398 e. The van der Waals surface area contributed by atoms with Crippen LogP contribution in [0.15, 0.2) is 18.2 Å². The van der Waals surface area contributed by atoms with Crippen LogP contribution in [0.2, 0.25) is 5.02 Å². The first-order valence-corrected chi connectivity index (χ1v) is 5.46. The Bertz CT molecular complexity index is 448. The molecule has 0 aliphatic rings. The van der Waals surface area contributed by atoms with Gasteiger partial charge in [0.15, 0.2) is 0 Å². The fourth-order valence-corrected chi connectivity index (χ4v) is 1.59. The number of nitrogens with two attached hydrogens (primary N) is 2. The fraction of sp³-hybridized carbons (Fsp3) is 0.273. The highest BCUT2D eigenvalue weighted by atomic mass is 35.5. The molecule has 0 fully saturated rings. The molecule has 0 bridgehead atoms. The summed E-state index contributed by atoms with van der Waals surface area (Å²) < 4.78 is 0. The molecule has 0 saturated carbocycles. The quantitative estimate of drug-likeness (QED) is 0.783. The van der Waals surface area contributed by atoms with Crippen LogP contribution in [-0.2, 0) is 4.79 Å². The Balaban J connectivity index is 2.97. The highest BCUT2D eigenvalue weighted by Crippen LogP contribution is 2.19. The first kappa shape index (κ1) is 13.3. The van der Waals surface area contributed by atoms with Crippen molar-refractivity contribution in [3.05, 3.63) is 28.8 Å². The molecular formula is C11H14ClN3O2. The molecule has 4 N–H and O–H groups in total. The molecule has 0 aliphatic carbocycles. The van der Waals surface area contributed by atoms with Crippen LogP contribution < -0.4 is 11.5 Å². The molecule has 5 nitrogen and oxygen atoms in total. The van der Waals surface area contributed by atoms with Gasteiger partial charge >= 0.3 is 0 Å². The molecule has 6 heteroatoms. The Labute approximate surface area is 104 Å². The summed E-state index contributed by atoms with van der Waals surface area (Å²) in [7, 11) is 0. The smallest absolute Gasteiger partial charge is 0.256 e. The van der Waals surface area contributed by atoms with E-state index in [1.807, 2.05) is 0 Å². The molecule has 1 aromatic carbocycles. The van der Waals surface area contributed by atoms with E-state index in [-0.39, 0.29) is 18.1 Å². The second-order valence-corrected chi connectivity index (χ2v) is 3.95. The van der Waals surface area contributed by atoms with E-state index in [1.165, 1.54) is 17.0 Å². The number of benzene rings is 1. The van der Waals surface area contributed by atoms with Gasteiger partial charge in [-0.3, -0.25) is 9.59 Å². The minimum Gasteiger partial charge on any atom is -0.398 e. The Morgan fingerprint density at radius 1 is 1.41 bits per heavy atom. The van der Waals surface area contributed by atoms with Crippen molar-refractivity contribution in [2.75, 3.05) is 18.8 Å². The summed E-state index contributed by atoms with van der Waals surface area (Å²) in [6.45, 7) is 2.01. The van der Waals surface area contributed by atoms with Crippen LogP contribution in [-0.4, -0.2) is 29.8 Å². The average Bonchev–Trinajstić information content (AvgIpc) is 2.24. The van der Waals surface area contributed by atoms with Gasteiger partial charge in [0.25, 0.3) is 5.91 Å². The van der Waals surface area contributed by atoms with Crippen LogP contribution in [0.1, 0.15) is 17.3 Å². The predicted molar refractivity (Wildman–Crippen MR) is 66.6 cm³/mol. The molecule has 0 heterocycles. The van der Waals surface area contributed by atoms with Gasteiger partial charge in [-0.25, -0.2) is 0 Å². The van der Waals surface area contributed by atoms with Gasteiger partial charge in [-0.2, -0.15) is 0 Å². The van der Waals surface area contributed by atoms with Crippen molar-refractivity contribution in [1.82, 2.24) is 4.90 Å². The summed E-state index contributed by atoms with van der Waals surface area (Å²) in [5.74, 6) is -0.895. The third-order valence-corrected chi connectivity index (χ3v) is 2.49. The molecule has 1 aromatic rings. The monoisotopic (exact) mass is 255 g/mol. The maximum Gasteiger partial charge on any atom is 0.256 e. The van der Waals surface area contributed by atoms with Crippen LogP contribution >= 0.6 is 11.6 Å². The Morgan fingerprint density at radius 2 is 2.06 bits per heavy atom. The Morgan fingerprint density at radius 3 is 2.53 bits per heavy atom. The van der Waals surface area contributed by atoms with Crippen molar-refractivity contribution >= 4 is 29.1 Å². The van der Waals surface area contributed by atoms with E-state index in [0.29, 0.717) is 17.1 Å². The molecule has 0 radical (unpaired) electrons. The lowest BCUT2D eigenvalue weighted by molar-refractivity contribution is -0.118. The van der Waals surface area contributed by atoms with Crippen molar-refractivity contribution in [2.45, 2.75) is 6.92 Å². The van der Waals surface area contributed by atoms with Crippen LogP contribution in [0.5, 0.6) is 0 Å². The number of hydrogen-bond donors (Lipinski definition) is 2. The number of carbonyl (C=O) groups is 2. The summed E-state index contributed by atoms with van der Waals surface area (Å²) in [5, 5.41) is 0.456. The number of carbonyl (C=O) groups excluding carboxylic acids is 2. The van der Waals surface area contributed by atoms with E-state index in [2.05, 4.69) is 0 Å². The number of rotatable bonds is 4. The maximum atomic E-state index is 12.0. The van der Waals surface area contributed by atoms with Gasteiger partial charge in [0.05, 0.1) is 12.1 Å². The summed E-state index contributed by atoms with van der Waals surface area (Å²) in [6.07, 6.45) is 0. The zero-order valence-electron chi connectivity index (χ0n) is 9.44. The second kappa shape index (κ2) is 5.54. The summed E-state index contributed by atoms with van der Waals surface area (Å²) >= 11 is 5.74. The number of primary amides is 1. The summed E-state index contributed by atoms with van der Waals surface area (Å²) in [5.41, 5.74) is 11.4. The molecule has 92 valence electrons. The highest BCUT2D eigenvalue weighted by molar-refractivity contribution is 6.31. The SMILES string of the molecule is CCN(CC(N)=O)C(=O)c1ccc(Cl)cc1N. The second-order valence-electron chi connectivity index (χ2n) is 3.52. The topological polar surface area (TPSA) is 89.4 Å². The van der Waals surface area contributed by atoms with Gasteiger partial charge in [0.2, 0.25) is 5.91 Å². The minimum atomic E-state index is -0.562. The third kappa shape index (κ3) is 3.35. The van der Waals surface area contributed by atoms with Gasteiger partial charge in [-0.15, -0.1) is 0 Å². The van der Waals surface area contributed by atoms with Crippen LogP contribution in [0.25, 0.3) is 0 Å². The van der Waals surface area contributed by atoms with Gasteiger partial charge in [-0.05, 0) is 25.1 Å². The van der Waals surface area contributed by atoms with Crippen LogP contribution in [0.3, 0.4) is 0 Å². The van der Waals surface area contributed by atoms with Gasteiger partial charge in [0.1, 0.15) is 0 Å². The van der Waals surface area contributed by atoms with Crippen molar-refractivity contribution < 1.29 is 9.59 Å². The van der Waals surface area contributed by atoms with E-state index in [0.717, 1.165) is 0 Å². The molecule has 0 spiro atoms. The van der Waals surface area contributed by atoms with Crippen LogP contribution in [0, 0.1) is 0 Å². The summed E-state index contributed by atoms with van der Waals surface area (Å²) in [4.78, 5) is 24.2. The normalized spacial score (nSPS) is 10.0. The van der Waals surface area contributed by atoms with E-state index < -0.39 is 5.91 Å². The zero-order chi connectivity index (χ0) is 13.0. The van der Waals surface area contributed by atoms with E-state index in [1.54, 1.807) is 13.0 Å². The number of nitrogen functional groups attached to an aromatic ring is 1. The lowest BCUT2D eigenvalue weighted by Gasteiger charge is -2.19. The number of nitrogens with zero attached hydrogens (tertiary/aromatic N) is 1. The van der Waals surface area contributed by atoms with E-state index >= 15 is 0 Å². The van der Waals surface area contributed by atoms with Gasteiger partial charge < -0.3 is 16.4 Å². The zero-order valence-corrected chi connectivity index (χ0v) is 10.2. The Hall–Kier alpha value is -1.75. The molecular weight excluding hydrogens is 242 g/mol. The highest BCUT2D eigenvalue weighted by Gasteiger charge is 2.18. The number of hydrogen-bond acceptors (Lipinski definition) is 3. The molecule has 0 unspecified atom stereocenters. The fourth-order valence-electron chi connectivity index (χ4n) is 1.41. The first-order valence-electron chi connectivity index (χ1n) is 5.08. The average molecular weight is 256 g/mol. The molecule has 17 heavy (non-hydrogen) atoms.